The molecule has 61 heavy (non-hydrogen) atoms. The van der Waals surface area contributed by atoms with E-state index in [0.29, 0.717) is 19.3 Å². The van der Waals surface area contributed by atoms with Crippen molar-refractivity contribution in [1.29, 1.82) is 0 Å². The van der Waals surface area contributed by atoms with Gasteiger partial charge in [-0.1, -0.05) is 236 Å². The van der Waals surface area contributed by atoms with Crippen LogP contribution in [0, 0.1) is 0 Å². The van der Waals surface area contributed by atoms with Crippen molar-refractivity contribution >= 4 is 17.9 Å². The highest BCUT2D eigenvalue weighted by Gasteiger charge is 2.19. The Balaban J connectivity index is 4.00. The minimum Gasteiger partial charge on any atom is -0.462 e. The van der Waals surface area contributed by atoms with Crippen LogP contribution in [0.2, 0.25) is 0 Å². The summed E-state index contributed by atoms with van der Waals surface area (Å²) >= 11 is 0. The highest BCUT2D eigenvalue weighted by Crippen LogP contribution is 2.16. The normalized spacial score (nSPS) is 12.4. The summed E-state index contributed by atoms with van der Waals surface area (Å²) in [6, 6.07) is 0. The van der Waals surface area contributed by atoms with E-state index in [1.807, 2.05) is 0 Å². The van der Waals surface area contributed by atoms with Gasteiger partial charge in [-0.3, -0.25) is 14.4 Å². The lowest BCUT2D eigenvalue weighted by Gasteiger charge is -2.18. The van der Waals surface area contributed by atoms with Gasteiger partial charge >= 0.3 is 17.9 Å². The lowest BCUT2D eigenvalue weighted by atomic mass is 10.0. The fourth-order valence-electron chi connectivity index (χ4n) is 7.43. The summed E-state index contributed by atoms with van der Waals surface area (Å²) in [6.45, 7) is 6.46. The zero-order chi connectivity index (χ0) is 44.4. The summed E-state index contributed by atoms with van der Waals surface area (Å²) < 4.78 is 16.7. The number of carbonyl (C=O) groups excluding carboxylic acids is 3. The second kappa shape index (κ2) is 50.0. The van der Waals surface area contributed by atoms with Crippen molar-refractivity contribution in [1.82, 2.24) is 0 Å². The van der Waals surface area contributed by atoms with Gasteiger partial charge in [0.15, 0.2) is 6.10 Å². The maximum absolute atomic E-state index is 12.7. The molecular formula is C55H98O6. The Labute approximate surface area is 378 Å². The minimum atomic E-state index is -0.764. The average molecular weight is 855 g/mol. The van der Waals surface area contributed by atoms with E-state index < -0.39 is 6.10 Å². The van der Waals surface area contributed by atoms with Crippen LogP contribution in [-0.4, -0.2) is 37.2 Å². The first-order valence-electron chi connectivity index (χ1n) is 26.1. The van der Waals surface area contributed by atoms with Crippen molar-refractivity contribution in [3.05, 3.63) is 48.6 Å². The topological polar surface area (TPSA) is 78.9 Å². The third-order valence-corrected chi connectivity index (χ3v) is 11.3. The second-order valence-electron chi connectivity index (χ2n) is 17.4. The molecule has 0 bridgehead atoms. The summed E-state index contributed by atoms with van der Waals surface area (Å²) in [6.07, 6.45) is 60.0. The van der Waals surface area contributed by atoms with E-state index in [9.17, 15) is 14.4 Å². The predicted molar refractivity (Wildman–Crippen MR) is 261 cm³/mol. The molecule has 0 amide bonds. The first-order chi connectivity index (χ1) is 30.0. The van der Waals surface area contributed by atoms with E-state index >= 15 is 0 Å². The molecule has 0 aliphatic rings. The van der Waals surface area contributed by atoms with E-state index in [-0.39, 0.29) is 31.1 Å². The van der Waals surface area contributed by atoms with Crippen LogP contribution in [-0.2, 0) is 28.6 Å². The van der Waals surface area contributed by atoms with Gasteiger partial charge in [-0.15, -0.1) is 0 Å². The lowest BCUT2D eigenvalue weighted by Crippen LogP contribution is -2.30. The van der Waals surface area contributed by atoms with Crippen LogP contribution < -0.4 is 0 Å². The monoisotopic (exact) mass is 855 g/mol. The third-order valence-electron chi connectivity index (χ3n) is 11.3. The molecule has 1 unspecified atom stereocenters. The molecule has 354 valence electrons. The number of ether oxygens (including phenoxy) is 3. The van der Waals surface area contributed by atoms with Gasteiger partial charge in [0.2, 0.25) is 0 Å². The van der Waals surface area contributed by atoms with Crippen LogP contribution in [0.25, 0.3) is 0 Å². The molecule has 0 aromatic heterocycles. The van der Waals surface area contributed by atoms with Gasteiger partial charge in [-0.05, 0) is 57.8 Å². The molecule has 0 saturated heterocycles. The highest BCUT2D eigenvalue weighted by molar-refractivity contribution is 5.71. The molecule has 0 radical (unpaired) electrons. The molecule has 0 aromatic carbocycles. The predicted octanol–water partition coefficient (Wildman–Crippen LogP) is 17.1. The molecule has 0 aliphatic carbocycles. The summed E-state index contributed by atoms with van der Waals surface area (Å²) in [5.74, 6) is -0.875. The molecule has 0 heterocycles. The minimum absolute atomic E-state index is 0.0699. The first kappa shape index (κ1) is 58.4. The van der Waals surface area contributed by atoms with Gasteiger partial charge < -0.3 is 14.2 Å². The van der Waals surface area contributed by atoms with Crippen molar-refractivity contribution < 1.29 is 28.6 Å². The van der Waals surface area contributed by atoms with Crippen molar-refractivity contribution in [2.45, 2.75) is 271 Å². The van der Waals surface area contributed by atoms with Crippen molar-refractivity contribution in [3.63, 3.8) is 0 Å². The van der Waals surface area contributed by atoms with Crippen LogP contribution in [0.4, 0.5) is 0 Å². The Bertz CT molecular complexity index is 1070. The summed E-state index contributed by atoms with van der Waals surface area (Å²) in [5, 5.41) is 0. The third kappa shape index (κ3) is 48.3. The van der Waals surface area contributed by atoms with Crippen molar-refractivity contribution in [2.75, 3.05) is 13.2 Å². The molecule has 0 N–H and O–H groups in total. The number of allylic oxidation sites excluding steroid dienone is 8. The Kier molecular flexibility index (Phi) is 47.9. The Morgan fingerprint density at radius 2 is 0.639 bits per heavy atom. The molecule has 0 spiro atoms. The summed E-state index contributed by atoms with van der Waals surface area (Å²) in [4.78, 5) is 37.6. The van der Waals surface area contributed by atoms with Crippen LogP contribution in [0.3, 0.4) is 0 Å². The van der Waals surface area contributed by atoms with E-state index in [2.05, 4.69) is 69.4 Å². The van der Waals surface area contributed by atoms with Crippen LogP contribution in [0.15, 0.2) is 48.6 Å². The van der Waals surface area contributed by atoms with Crippen LogP contribution >= 0.6 is 0 Å². The highest BCUT2D eigenvalue weighted by atomic mass is 16.6. The van der Waals surface area contributed by atoms with E-state index in [0.717, 1.165) is 83.5 Å². The quantitative estimate of drug-likeness (QED) is 0.0263. The second-order valence-corrected chi connectivity index (χ2v) is 17.4. The summed E-state index contributed by atoms with van der Waals surface area (Å²) in [5.41, 5.74) is 0. The maximum Gasteiger partial charge on any atom is 0.306 e. The number of hydrogen-bond donors (Lipinski definition) is 0. The number of carbonyl (C=O) groups is 3. The van der Waals surface area contributed by atoms with Crippen molar-refractivity contribution in [3.8, 4) is 0 Å². The lowest BCUT2D eigenvalue weighted by molar-refractivity contribution is -0.167. The SMILES string of the molecule is CC/C=C\C/C=C\C/C=C\C/C=C\CCCCCCCCCCCCCCCCC(=O)OCC(COC(=O)CCCCCCCC)OC(=O)CCCCCCCCCCCC. The maximum atomic E-state index is 12.7. The zero-order valence-corrected chi connectivity index (χ0v) is 40.4. The molecule has 0 rings (SSSR count). The van der Waals surface area contributed by atoms with Crippen LogP contribution in [0.5, 0.6) is 0 Å². The van der Waals surface area contributed by atoms with Crippen molar-refractivity contribution in [2.24, 2.45) is 0 Å². The first-order valence-corrected chi connectivity index (χ1v) is 26.1. The molecule has 6 nitrogen and oxygen atoms in total. The Morgan fingerprint density at radius 3 is 1.00 bits per heavy atom. The molecule has 6 heteroatoms. The van der Waals surface area contributed by atoms with Gasteiger partial charge in [0.05, 0.1) is 0 Å². The summed E-state index contributed by atoms with van der Waals surface area (Å²) in [7, 11) is 0. The van der Waals surface area contributed by atoms with Gasteiger partial charge in [0.1, 0.15) is 13.2 Å². The molecular weight excluding hydrogens is 757 g/mol. The average Bonchev–Trinajstić information content (AvgIpc) is 3.26. The molecule has 1 atom stereocenters. The zero-order valence-electron chi connectivity index (χ0n) is 40.4. The fourth-order valence-corrected chi connectivity index (χ4v) is 7.43. The molecule has 0 aliphatic heterocycles. The number of hydrogen-bond acceptors (Lipinski definition) is 6. The van der Waals surface area contributed by atoms with E-state index in [4.69, 9.17) is 14.2 Å². The van der Waals surface area contributed by atoms with Gasteiger partial charge in [0, 0.05) is 19.3 Å². The number of esters is 3. The fraction of sp³-hybridized carbons (Fsp3) is 0.800. The largest absolute Gasteiger partial charge is 0.462 e. The number of rotatable bonds is 47. The Morgan fingerprint density at radius 1 is 0.344 bits per heavy atom. The van der Waals surface area contributed by atoms with E-state index in [1.54, 1.807) is 0 Å². The Hall–Kier alpha value is -2.63. The van der Waals surface area contributed by atoms with E-state index in [1.165, 1.54) is 141 Å². The molecule has 0 saturated carbocycles. The van der Waals surface area contributed by atoms with Crippen LogP contribution in [0.1, 0.15) is 265 Å². The van der Waals surface area contributed by atoms with Gasteiger partial charge in [-0.2, -0.15) is 0 Å². The molecule has 0 fully saturated rings. The number of unbranched alkanes of at least 4 members (excludes halogenated alkanes) is 28. The standard InChI is InChI=1S/C55H98O6/c1-4-7-10-13-16-18-20-21-22-23-24-25-26-27-28-29-30-31-32-33-34-35-36-38-39-42-45-48-54(57)60-51-52(50-59-53(56)47-44-41-15-12-9-6-3)61-55(58)49-46-43-40-37-19-17-14-11-8-5-2/h7,10,16,18,21-22,24-25,52H,4-6,8-9,11-15,17,19-20,23,26-51H2,1-3H3/b10-7-,18-16-,22-21-,25-24-. The molecule has 0 aromatic rings. The van der Waals surface area contributed by atoms with Gasteiger partial charge in [0.25, 0.3) is 0 Å². The van der Waals surface area contributed by atoms with Gasteiger partial charge in [-0.25, -0.2) is 0 Å². The smallest absolute Gasteiger partial charge is 0.306 e.